The molecule has 3 aromatic carbocycles. The van der Waals surface area contributed by atoms with Crippen molar-refractivity contribution in [2.45, 2.75) is 9.79 Å². The molecule has 0 spiro atoms. The lowest BCUT2D eigenvalue weighted by atomic mass is 10.2. The van der Waals surface area contributed by atoms with Crippen LogP contribution in [0.1, 0.15) is 10.4 Å². The Morgan fingerprint density at radius 2 is 1.51 bits per heavy atom. The van der Waals surface area contributed by atoms with E-state index >= 15 is 0 Å². The number of rotatable bonds is 5. The summed E-state index contributed by atoms with van der Waals surface area (Å²) in [5, 5.41) is 2.59. The van der Waals surface area contributed by atoms with Crippen molar-refractivity contribution in [1.82, 2.24) is 9.13 Å². The van der Waals surface area contributed by atoms with E-state index in [0.717, 1.165) is 33.4 Å². The number of ether oxygens (including phenoxy) is 1. The van der Waals surface area contributed by atoms with Gasteiger partial charge in [0.1, 0.15) is 11.6 Å². The van der Waals surface area contributed by atoms with Crippen LogP contribution in [0.3, 0.4) is 0 Å². The molecular weight excluding hydrogens is 477 g/mol. The molecule has 11 heteroatoms. The molecule has 0 unspecified atom stereocenters. The quantitative estimate of drug-likeness (QED) is 0.335. The van der Waals surface area contributed by atoms with E-state index in [1.165, 1.54) is 45.5 Å². The lowest BCUT2D eigenvalue weighted by Gasteiger charge is -2.16. The van der Waals surface area contributed by atoms with Crippen molar-refractivity contribution in [2.75, 3.05) is 12.4 Å². The number of fused-ring (bicyclic) bond motifs is 1. The minimum absolute atomic E-state index is 0.122. The van der Waals surface area contributed by atoms with Crippen LogP contribution in [0.25, 0.3) is 11.0 Å². The molecule has 4 aromatic rings. The number of hydrogen-bond acceptors (Lipinski definition) is 6. The summed E-state index contributed by atoms with van der Waals surface area (Å²) in [5.41, 5.74) is -1.22. The summed E-state index contributed by atoms with van der Waals surface area (Å²) in [7, 11) is -0.126. The van der Waals surface area contributed by atoms with Gasteiger partial charge >= 0.3 is 11.1 Å². The third kappa shape index (κ3) is 4.21. The summed E-state index contributed by atoms with van der Waals surface area (Å²) in [5.74, 6) is -0.826. The van der Waals surface area contributed by atoms with E-state index in [4.69, 9.17) is 4.74 Å². The fraction of sp³-hybridized carbons (Fsp3) is 0.125. The maximum Gasteiger partial charge on any atom is 0.316 e. The van der Waals surface area contributed by atoms with Gasteiger partial charge in [-0.05, 0) is 54.6 Å². The average Bonchev–Trinajstić information content (AvgIpc) is 2.86. The van der Waals surface area contributed by atoms with E-state index in [0.29, 0.717) is 5.75 Å². The van der Waals surface area contributed by atoms with Gasteiger partial charge in [-0.25, -0.2) is 12.8 Å². The van der Waals surface area contributed by atoms with Crippen LogP contribution in [0.4, 0.5) is 10.1 Å². The maximum atomic E-state index is 13.5. The van der Waals surface area contributed by atoms with Gasteiger partial charge in [0, 0.05) is 19.7 Å². The Morgan fingerprint density at radius 1 is 0.914 bits per heavy atom. The number of aryl methyl sites for hydroxylation is 2. The zero-order chi connectivity index (χ0) is 25.5. The van der Waals surface area contributed by atoms with E-state index < -0.39 is 32.7 Å². The van der Waals surface area contributed by atoms with Gasteiger partial charge in [0.05, 0.1) is 33.6 Å². The second-order valence-electron chi connectivity index (χ2n) is 7.71. The number of hydrogen-bond donors (Lipinski definition) is 1. The first-order valence-electron chi connectivity index (χ1n) is 10.2. The molecule has 1 aromatic heterocycles. The average molecular weight is 498 g/mol. The highest BCUT2D eigenvalue weighted by Gasteiger charge is 2.25. The Morgan fingerprint density at radius 3 is 2.11 bits per heavy atom. The number of carbonyl (C=O) groups excluding carboxylic acids is 1. The largest absolute Gasteiger partial charge is 0.497 e. The normalized spacial score (nSPS) is 11.4. The highest BCUT2D eigenvalue weighted by atomic mass is 32.2. The van der Waals surface area contributed by atoms with Gasteiger partial charge in [0.25, 0.3) is 5.91 Å². The van der Waals surface area contributed by atoms with Gasteiger partial charge in [-0.15, -0.1) is 0 Å². The number of nitrogens with one attached hydrogen (secondary N) is 1. The molecule has 180 valence electrons. The van der Waals surface area contributed by atoms with Gasteiger partial charge in [0.15, 0.2) is 0 Å². The second-order valence-corrected chi connectivity index (χ2v) is 9.63. The Kier molecular flexibility index (Phi) is 6.03. The molecule has 0 fully saturated rings. The Labute approximate surface area is 198 Å². The standard InChI is InChI=1S/C24H20FN3O6S/c1-27-19-12-18(26-22(29)14-5-4-6-16(11-14)34-3)21(13-20(19)28(2)24(31)23(27)30)35(32,33)17-9-7-15(25)8-10-17/h4-13H,1-3H3,(H,26,29). The molecule has 1 amide bonds. The number of methoxy groups -OCH3 is 1. The number of carbonyl (C=O) groups is 1. The van der Waals surface area contributed by atoms with Crippen LogP contribution in [-0.2, 0) is 23.9 Å². The summed E-state index contributed by atoms with van der Waals surface area (Å²) in [6.45, 7) is 0. The van der Waals surface area contributed by atoms with Crippen molar-refractivity contribution < 1.29 is 22.3 Å². The van der Waals surface area contributed by atoms with Crippen molar-refractivity contribution >= 4 is 32.5 Å². The predicted molar refractivity (Wildman–Crippen MR) is 127 cm³/mol. The topological polar surface area (TPSA) is 116 Å². The maximum absolute atomic E-state index is 13.5. The molecular formula is C24H20FN3O6S. The molecule has 0 radical (unpaired) electrons. The second kappa shape index (κ2) is 8.84. The molecule has 0 bridgehead atoms. The SMILES string of the molecule is COc1cccc(C(=O)Nc2cc3c(cc2S(=O)(=O)c2ccc(F)cc2)n(C)c(=O)c(=O)n3C)c1. The minimum Gasteiger partial charge on any atom is -0.497 e. The van der Waals surface area contributed by atoms with Gasteiger partial charge in [-0.1, -0.05) is 6.07 Å². The number of halogens is 1. The van der Waals surface area contributed by atoms with Crippen LogP contribution in [0.2, 0.25) is 0 Å². The Bertz CT molecular complexity index is 1710. The molecule has 1 heterocycles. The van der Waals surface area contributed by atoms with Crippen molar-refractivity contribution in [1.29, 1.82) is 0 Å². The molecule has 4 rings (SSSR count). The first-order valence-corrected chi connectivity index (χ1v) is 11.7. The molecule has 1 N–H and O–H groups in total. The molecule has 0 saturated carbocycles. The van der Waals surface area contributed by atoms with E-state index in [9.17, 15) is 27.2 Å². The van der Waals surface area contributed by atoms with Crippen molar-refractivity contribution in [3.8, 4) is 5.75 Å². The third-order valence-corrected chi connectivity index (χ3v) is 7.39. The Hall–Kier alpha value is -4.25. The number of benzene rings is 3. The number of sulfone groups is 1. The third-order valence-electron chi connectivity index (χ3n) is 5.59. The number of anilines is 1. The summed E-state index contributed by atoms with van der Waals surface area (Å²) < 4.78 is 47.7. The van der Waals surface area contributed by atoms with Crippen LogP contribution in [0, 0.1) is 5.82 Å². The van der Waals surface area contributed by atoms with Crippen molar-refractivity contribution in [3.63, 3.8) is 0 Å². The highest BCUT2D eigenvalue weighted by Crippen LogP contribution is 2.32. The smallest absolute Gasteiger partial charge is 0.316 e. The van der Waals surface area contributed by atoms with E-state index in [1.54, 1.807) is 12.1 Å². The molecule has 0 aliphatic rings. The van der Waals surface area contributed by atoms with Gasteiger partial charge < -0.3 is 19.2 Å². The van der Waals surface area contributed by atoms with Gasteiger partial charge in [-0.2, -0.15) is 0 Å². The monoisotopic (exact) mass is 497 g/mol. The number of amides is 1. The van der Waals surface area contributed by atoms with E-state index in [2.05, 4.69) is 5.32 Å². The highest BCUT2D eigenvalue weighted by molar-refractivity contribution is 7.91. The zero-order valence-electron chi connectivity index (χ0n) is 18.9. The summed E-state index contributed by atoms with van der Waals surface area (Å²) in [6.07, 6.45) is 0. The van der Waals surface area contributed by atoms with Crippen LogP contribution in [0.15, 0.2) is 80.0 Å². The fourth-order valence-corrected chi connectivity index (χ4v) is 5.03. The molecule has 9 nitrogen and oxygen atoms in total. The minimum atomic E-state index is -4.28. The Balaban J connectivity index is 1.98. The summed E-state index contributed by atoms with van der Waals surface area (Å²) >= 11 is 0. The van der Waals surface area contributed by atoms with E-state index in [-0.39, 0.29) is 32.1 Å². The molecule has 0 atom stereocenters. The molecule has 35 heavy (non-hydrogen) atoms. The van der Waals surface area contributed by atoms with Gasteiger partial charge in [0.2, 0.25) is 9.84 Å². The van der Waals surface area contributed by atoms with Crippen molar-refractivity contribution in [3.05, 3.63) is 92.8 Å². The predicted octanol–water partition coefficient (Wildman–Crippen LogP) is 2.47. The number of aromatic nitrogens is 2. The zero-order valence-corrected chi connectivity index (χ0v) is 19.7. The lowest BCUT2D eigenvalue weighted by Crippen LogP contribution is -2.39. The molecule has 0 aliphatic carbocycles. The van der Waals surface area contributed by atoms with Crippen LogP contribution < -0.4 is 21.2 Å². The van der Waals surface area contributed by atoms with Crippen LogP contribution >= 0.6 is 0 Å². The molecule has 0 aliphatic heterocycles. The van der Waals surface area contributed by atoms with Crippen LogP contribution in [-0.4, -0.2) is 30.6 Å². The molecule has 0 saturated heterocycles. The summed E-state index contributed by atoms with van der Waals surface area (Å²) in [6, 6.07) is 13.0. The lowest BCUT2D eigenvalue weighted by molar-refractivity contribution is 0.102. The summed E-state index contributed by atoms with van der Waals surface area (Å²) in [4.78, 5) is 37.1. The van der Waals surface area contributed by atoms with Crippen LogP contribution in [0.5, 0.6) is 5.75 Å². The van der Waals surface area contributed by atoms with E-state index in [1.807, 2.05) is 0 Å². The van der Waals surface area contributed by atoms with Crippen molar-refractivity contribution in [2.24, 2.45) is 14.1 Å². The fourth-order valence-electron chi connectivity index (χ4n) is 3.62. The first-order chi connectivity index (χ1) is 16.5. The van der Waals surface area contributed by atoms with Gasteiger partial charge in [-0.3, -0.25) is 14.4 Å². The number of nitrogens with zero attached hydrogens (tertiary/aromatic N) is 2. The first kappa shape index (κ1) is 23.9.